The van der Waals surface area contributed by atoms with Crippen LogP contribution in [0, 0.1) is 6.92 Å². The van der Waals surface area contributed by atoms with Gasteiger partial charge in [0.25, 0.3) is 0 Å². The number of aryl methyl sites for hydroxylation is 1. The molecule has 24 heavy (non-hydrogen) atoms. The van der Waals surface area contributed by atoms with Crippen LogP contribution in [0.2, 0.25) is 0 Å². The predicted octanol–water partition coefficient (Wildman–Crippen LogP) is 3.00. The van der Waals surface area contributed by atoms with Crippen molar-refractivity contribution in [3.8, 4) is 11.5 Å². The van der Waals surface area contributed by atoms with Gasteiger partial charge in [-0.3, -0.25) is 9.36 Å². The molecule has 0 atom stereocenters. The standard InChI is InChI=1S/C17H14INO5/c1-10-2-4-14-12(6-10)19(17(22)24-14)8-11-3-5-15(13(20)7-11)23-9-16(18)21/h2-7,20H,8-9H2,1H3. The molecule has 2 aromatic carbocycles. The maximum atomic E-state index is 12.1. The van der Waals surface area contributed by atoms with Gasteiger partial charge in [-0.1, -0.05) is 12.1 Å². The van der Waals surface area contributed by atoms with Gasteiger partial charge < -0.3 is 14.3 Å². The number of carbonyl (C=O) groups is 1. The van der Waals surface area contributed by atoms with Crippen molar-refractivity contribution in [1.29, 1.82) is 0 Å². The zero-order valence-corrected chi connectivity index (χ0v) is 14.9. The monoisotopic (exact) mass is 439 g/mol. The molecule has 0 radical (unpaired) electrons. The molecule has 124 valence electrons. The van der Waals surface area contributed by atoms with Crippen LogP contribution in [0.15, 0.2) is 45.6 Å². The third kappa shape index (κ3) is 3.45. The van der Waals surface area contributed by atoms with Crippen molar-refractivity contribution in [1.82, 2.24) is 4.57 Å². The van der Waals surface area contributed by atoms with E-state index in [1.165, 1.54) is 10.6 Å². The van der Waals surface area contributed by atoms with Crippen LogP contribution in [0.4, 0.5) is 0 Å². The Morgan fingerprint density at radius 1 is 1.29 bits per heavy atom. The highest BCUT2D eigenvalue weighted by molar-refractivity contribution is 14.1. The van der Waals surface area contributed by atoms with Crippen LogP contribution in [-0.2, 0) is 11.3 Å². The number of phenolic OH excluding ortho intramolecular Hbond substituents is 1. The van der Waals surface area contributed by atoms with Gasteiger partial charge in [0.05, 0.1) is 12.1 Å². The number of aromatic nitrogens is 1. The summed E-state index contributed by atoms with van der Waals surface area (Å²) in [6.07, 6.45) is 0. The van der Waals surface area contributed by atoms with E-state index in [2.05, 4.69) is 0 Å². The Hall–Kier alpha value is -2.29. The highest BCUT2D eigenvalue weighted by Gasteiger charge is 2.11. The molecule has 0 unspecified atom stereocenters. The largest absolute Gasteiger partial charge is 0.504 e. The summed E-state index contributed by atoms with van der Waals surface area (Å²) in [4.78, 5) is 23.0. The van der Waals surface area contributed by atoms with Gasteiger partial charge in [0.1, 0.15) is 0 Å². The molecule has 1 heterocycles. The summed E-state index contributed by atoms with van der Waals surface area (Å²) < 4.78 is 11.8. The Kier molecular flexibility index (Phi) is 4.61. The lowest BCUT2D eigenvalue weighted by Crippen LogP contribution is -2.14. The molecule has 1 N–H and O–H groups in total. The first kappa shape index (κ1) is 16.6. The predicted molar refractivity (Wildman–Crippen MR) is 96.9 cm³/mol. The van der Waals surface area contributed by atoms with Crippen molar-refractivity contribution >= 4 is 37.5 Å². The van der Waals surface area contributed by atoms with Gasteiger partial charge in [-0.05, 0) is 42.3 Å². The molecule has 0 aliphatic carbocycles. The number of carbonyl (C=O) groups excluding carboxylic acids is 1. The molecule has 0 bridgehead atoms. The first-order chi connectivity index (χ1) is 11.4. The number of hydrogen-bond acceptors (Lipinski definition) is 5. The number of hydrogen-bond donors (Lipinski definition) is 1. The van der Waals surface area contributed by atoms with Crippen molar-refractivity contribution in [3.63, 3.8) is 0 Å². The molecule has 0 amide bonds. The fourth-order valence-electron chi connectivity index (χ4n) is 2.42. The van der Waals surface area contributed by atoms with Crippen LogP contribution >= 0.6 is 22.6 Å². The van der Waals surface area contributed by atoms with Crippen LogP contribution < -0.4 is 10.5 Å². The molecular formula is C17H14INO5. The maximum Gasteiger partial charge on any atom is 0.420 e. The Morgan fingerprint density at radius 2 is 2.08 bits per heavy atom. The Balaban J connectivity index is 1.90. The van der Waals surface area contributed by atoms with Crippen molar-refractivity contribution in [2.75, 3.05) is 6.61 Å². The first-order valence-corrected chi connectivity index (χ1v) is 8.25. The number of aromatic hydroxyl groups is 1. The lowest BCUT2D eigenvalue weighted by molar-refractivity contribution is -0.111. The van der Waals surface area contributed by atoms with Crippen molar-refractivity contribution in [3.05, 3.63) is 58.1 Å². The molecule has 0 aliphatic rings. The van der Waals surface area contributed by atoms with Gasteiger partial charge in [-0.2, -0.15) is 0 Å². The van der Waals surface area contributed by atoms with E-state index >= 15 is 0 Å². The van der Waals surface area contributed by atoms with Gasteiger partial charge >= 0.3 is 5.76 Å². The summed E-state index contributed by atoms with van der Waals surface area (Å²) in [5, 5.41) is 10.0. The zero-order chi connectivity index (χ0) is 17.3. The van der Waals surface area contributed by atoms with Crippen molar-refractivity contribution in [2.24, 2.45) is 0 Å². The molecule has 0 fully saturated rings. The van der Waals surface area contributed by atoms with Gasteiger partial charge in [-0.15, -0.1) is 0 Å². The van der Waals surface area contributed by atoms with Crippen molar-refractivity contribution in [2.45, 2.75) is 13.5 Å². The number of benzene rings is 2. The lowest BCUT2D eigenvalue weighted by Gasteiger charge is -2.08. The molecule has 0 saturated carbocycles. The van der Waals surface area contributed by atoms with Gasteiger partial charge in [0.15, 0.2) is 23.7 Å². The number of phenols is 1. The molecule has 0 aliphatic heterocycles. The van der Waals surface area contributed by atoms with E-state index in [1.807, 2.05) is 19.1 Å². The fraction of sp³-hybridized carbons (Fsp3) is 0.176. The number of rotatable bonds is 5. The topological polar surface area (TPSA) is 81.7 Å². The molecule has 0 spiro atoms. The second kappa shape index (κ2) is 6.68. The van der Waals surface area contributed by atoms with E-state index in [9.17, 15) is 14.7 Å². The third-order valence-corrected chi connectivity index (χ3v) is 3.84. The number of oxazole rings is 1. The SMILES string of the molecule is Cc1ccc2oc(=O)n(Cc3ccc(OCC(=O)I)c(O)c3)c2c1. The summed E-state index contributed by atoms with van der Waals surface area (Å²) in [5.74, 6) is -0.308. The molecule has 3 aromatic rings. The van der Waals surface area contributed by atoms with Crippen LogP contribution in [-0.4, -0.2) is 20.1 Å². The minimum absolute atomic E-state index is 0.0813. The number of halogens is 1. The summed E-state index contributed by atoms with van der Waals surface area (Å²) in [6.45, 7) is 2.08. The van der Waals surface area contributed by atoms with E-state index in [1.54, 1.807) is 40.8 Å². The lowest BCUT2D eigenvalue weighted by atomic mass is 10.2. The minimum atomic E-state index is -0.453. The van der Waals surface area contributed by atoms with Crippen molar-refractivity contribution < 1.29 is 19.1 Å². The average Bonchev–Trinajstić information content (AvgIpc) is 2.82. The fourth-order valence-corrected chi connectivity index (χ4v) is 2.58. The average molecular weight is 439 g/mol. The Bertz CT molecular complexity index is 973. The second-order valence-corrected chi connectivity index (χ2v) is 6.57. The quantitative estimate of drug-likeness (QED) is 0.489. The summed E-state index contributed by atoms with van der Waals surface area (Å²) in [6, 6.07) is 10.3. The summed E-state index contributed by atoms with van der Waals surface area (Å²) in [7, 11) is 0. The number of fused-ring (bicyclic) bond motifs is 1. The highest BCUT2D eigenvalue weighted by Crippen LogP contribution is 2.27. The molecule has 7 heteroatoms. The van der Waals surface area contributed by atoms with Gasteiger partial charge in [0.2, 0.25) is 3.79 Å². The first-order valence-electron chi connectivity index (χ1n) is 7.17. The van der Waals surface area contributed by atoms with E-state index in [0.29, 0.717) is 16.7 Å². The normalized spacial score (nSPS) is 10.9. The van der Waals surface area contributed by atoms with Gasteiger partial charge in [0, 0.05) is 22.6 Å². The van der Waals surface area contributed by atoms with Crippen LogP contribution in [0.3, 0.4) is 0 Å². The third-order valence-electron chi connectivity index (χ3n) is 3.53. The minimum Gasteiger partial charge on any atom is -0.504 e. The Morgan fingerprint density at radius 3 is 2.79 bits per heavy atom. The molecular weight excluding hydrogens is 425 g/mol. The van der Waals surface area contributed by atoms with Crippen LogP contribution in [0.1, 0.15) is 11.1 Å². The highest BCUT2D eigenvalue weighted by atomic mass is 127. The summed E-state index contributed by atoms with van der Waals surface area (Å²) in [5.41, 5.74) is 2.96. The van der Waals surface area contributed by atoms with Gasteiger partial charge in [-0.25, -0.2) is 4.79 Å². The van der Waals surface area contributed by atoms with E-state index in [0.717, 1.165) is 5.56 Å². The molecule has 0 saturated heterocycles. The van der Waals surface area contributed by atoms with Crippen LogP contribution in [0.5, 0.6) is 11.5 Å². The smallest absolute Gasteiger partial charge is 0.420 e. The molecule has 6 nitrogen and oxygen atoms in total. The summed E-state index contributed by atoms with van der Waals surface area (Å²) >= 11 is 1.62. The van der Waals surface area contributed by atoms with E-state index < -0.39 is 5.76 Å². The zero-order valence-electron chi connectivity index (χ0n) is 12.8. The molecule has 1 aromatic heterocycles. The number of ether oxygens (including phenoxy) is 1. The van der Waals surface area contributed by atoms with Crippen LogP contribution in [0.25, 0.3) is 11.1 Å². The van der Waals surface area contributed by atoms with E-state index in [4.69, 9.17) is 9.15 Å². The Labute approximate surface area is 150 Å². The number of nitrogens with zero attached hydrogens (tertiary/aromatic N) is 1. The molecule has 3 rings (SSSR count). The second-order valence-electron chi connectivity index (χ2n) is 5.37. The maximum absolute atomic E-state index is 12.1. The van der Waals surface area contributed by atoms with E-state index in [-0.39, 0.29) is 28.4 Å².